The summed E-state index contributed by atoms with van der Waals surface area (Å²) >= 11 is 0. The third kappa shape index (κ3) is 3.42. The lowest BCUT2D eigenvalue weighted by Crippen LogP contribution is -2.35. The monoisotopic (exact) mass is 251 g/mol. The first-order valence-corrected chi connectivity index (χ1v) is 6.42. The molecule has 1 rings (SSSR count). The largest absolute Gasteiger partial charge is 0.476 e. The molecule has 0 spiro atoms. The zero-order valence-electron chi connectivity index (χ0n) is 11.3. The molecule has 100 valence electrons. The van der Waals surface area contributed by atoms with Crippen LogP contribution in [0.3, 0.4) is 0 Å². The van der Waals surface area contributed by atoms with Gasteiger partial charge in [-0.1, -0.05) is 20.3 Å². The van der Waals surface area contributed by atoms with Gasteiger partial charge in [-0.2, -0.15) is 0 Å². The van der Waals surface area contributed by atoms with Crippen LogP contribution in [-0.2, 0) is 0 Å². The number of aromatic nitrogens is 2. The number of nitrogens with zero attached hydrogens (tertiary/aromatic N) is 3. The number of anilines is 1. The molecule has 5 heteroatoms. The van der Waals surface area contributed by atoms with Gasteiger partial charge < -0.3 is 10.0 Å². The number of rotatable bonds is 7. The molecule has 0 aliphatic rings. The Balaban J connectivity index is 3.07. The Labute approximate surface area is 108 Å². The summed E-state index contributed by atoms with van der Waals surface area (Å²) in [5.41, 5.74) is 0.0360. The molecular weight excluding hydrogens is 230 g/mol. The normalized spacial score (nSPS) is 12.2. The van der Waals surface area contributed by atoms with Crippen LogP contribution in [0.5, 0.6) is 0 Å². The average molecular weight is 251 g/mol. The van der Waals surface area contributed by atoms with Crippen LogP contribution in [0.15, 0.2) is 12.4 Å². The quantitative estimate of drug-likeness (QED) is 0.806. The molecule has 1 unspecified atom stereocenters. The maximum absolute atomic E-state index is 11.2. The summed E-state index contributed by atoms with van der Waals surface area (Å²) in [5.74, 6) is -0.546. The Bertz CT molecular complexity index is 396. The summed E-state index contributed by atoms with van der Waals surface area (Å²) in [6.45, 7) is 7.09. The van der Waals surface area contributed by atoms with Crippen LogP contribution in [0, 0.1) is 0 Å². The lowest BCUT2D eigenvalue weighted by molar-refractivity contribution is 0.0690. The third-order valence-electron chi connectivity index (χ3n) is 3.03. The first-order chi connectivity index (χ1) is 8.61. The maximum atomic E-state index is 11.2. The molecule has 1 heterocycles. The van der Waals surface area contributed by atoms with Gasteiger partial charge in [0, 0.05) is 25.0 Å². The molecule has 0 saturated heterocycles. The Morgan fingerprint density at radius 2 is 2.06 bits per heavy atom. The molecule has 1 N–H and O–H groups in total. The first kappa shape index (κ1) is 14.4. The molecule has 0 aliphatic heterocycles. The molecule has 0 bridgehead atoms. The van der Waals surface area contributed by atoms with E-state index in [1.807, 2.05) is 4.90 Å². The van der Waals surface area contributed by atoms with Gasteiger partial charge in [-0.3, -0.25) is 0 Å². The van der Waals surface area contributed by atoms with Crippen LogP contribution in [0.25, 0.3) is 0 Å². The Morgan fingerprint density at radius 3 is 2.61 bits per heavy atom. The summed E-state index contributed by atoms with van der Waals surface area (Å²) in [5, 5.41) is 9.17. The first-order valence-electron chi connectivity index (χ1n) is 6.42. The Hall–Kier alpha value is -1.65. The molecule has 0 fully saturated rings. The fraction of sp³-hybridized carbons (Fsp3) is 0.615. The molecule has 0 aliphatic carbocycles. The highest BCUT2D eigenvalue weighted by atomic mass is 16.4. The van der Waals surface area contributed by atoms with Crippen LogP contribution >= 0.6 is 0 Å². The fourth-order valence-electron chi connectivity index (χ4n) is 1.78. The minimum atomic E-state index is -1.03. The van der Waals surface area contributed by atoms with Gasteiger partial charge >= 0.3 is 5.97 Å². The van der Waals surface area contributed by atoms with Crippen molar-refractivity contribution in [3.8, 4) is 0 Å². The van der Waals surface area contributed by atoms with Crippen molar-refractivity contribution in [3.63, 3.8) is 0 Å². The molecule has 0 aromatic carbocycles. The van der Waals surface area contributed by atoms with Crippen LogP contribution in [0.4, 0.5) is 5.82 Å². The predicted octanol–water partition coefficient (Wildman–Crippen LogP) is 2.58. The van der Waals surface area contributed by atoms with Crippen LogP contribution in [0.1, 0.15) is 50.5 Å². The van der Waals surface area contributed by atoms with Crippen molar-refractivity contribution in [2.24, 2.45) is 0 Å². The summed E-state index contributed by atoms with van der Waals surface area (Å²) in [4.78, 5) is 21.3. The van der Waals surface area contributed by atoms with E-state index in [0.29, 0.717) is 5.82 Å². The second-order valence-electron chi connectivity index (χ2n) is 4.34. The highest BCUT2D eigenvalue weighted by Gasteiger charge is 2.21. The predicted molar refractivity (Wildman–Crippen MR) is 71.0 cm³/mol. The van der Waals surface area contributed by atoms with E-state index in [9.17, 15) is 4.79 Å². The lowest BCUT2D eigenvalue weighted by Gasteiger charge is -2.30. The number of hydrogen-bond acceptors (Lipinski definition) is 4. The molecule has 18 heavy (non-hydrogen) atoms. The third-order valence-corrected chi connectivity index (χ3v) is 3.03. The minimum absolute atomic E-state index is 0.0360. The number of carbonyl (C=O) groups is 1. The lowest BCUT2D eigenvalue weighted by atomic mass is 10.2. The van der Waals surface area contributed by atoms with Gasteiger partial charge in [-0.05, 0) is 19.8 Å². The van der Waals surface area contributed by atoms with E-state index >= 15 is 0 Å². The van der Waals surface area contributed by atoms with E-state index in [1.165, 1.54) is 6.20 Å². The average Bonchev–Trinajstić information content (AvgIpc) is 2.39. The van der Waals surface area contributed by atoms with E-state index in [2.05, 4.69) is 30.7 Å². The van der Waals surface area contributed by atoms with Gasteiger partial charge in [0.15, 0.2) is 11.5 Å². The number of carboxylic acids is 1. The zero-order chi connectivity index (χ0) is 13.5. The van der Waals surface area contributed by atoms with Crippen LogP contribution in [-0.4, -0.2) is 33.6 Å². The van der Waals surface area contributed by atoms with Crippen LogP contribution in [0.2, 0.25) is 0 Å². The maximum Gasteiger partial charge on any atom is 0.358 e. The van der Waals surface area contributed by atoms with Crippen LogP contribution < -0.4 is 4.90 Å². The van der Waals surface area contributed by atoms with Gasteiger partial charge in [0.05, 0.1) is 0 Å². The van der Waals surface area contributed by atoms with Gasteiger partial charge in [-0.25, -0.2) is 14.8 Å². The standard InChI is InChI=1S/C13H21N3O2/c1-4-6-9-16(10(3)5-2)12-11(13(17)18)14-7-8-15-12/h7-8,10H,4-6,9H2,1-3H3,(H,17,18). The SMILES string of the molecule is CCCCN(c1nccnc1C(=O)O)C(C)CC. The molecule has 0 amide bonds. The van der Waals surface area contributed by atoms with E-state index in [0.717, 1.165) is 25.8 Å². The molecule has 1 aromatic rings. The molecule has 0 saturated carbocycles. The number of unbranched alkanes of at least 4 members (excludes halogenated alkanes) is 1. The molecular formula is C13H21N3O2. The van der Waals surface area contributed by atoms with Gasteiger partial charge in [0.1, 0.15) is 0 Å². The molecule has 1 atom stereocenters. The van der Waals surface area contributed by atoms with Gasteiger partial charge in [-0.15, -0.1) is 0 Å². The minimum Gasteiger partial charge on any atom is -0.476 e. The summed E-state index contributed by atoms with van der Waals surface area (Å²) in [7, 11) is 0. The number of carboxylic acid groups (broad SMARTS) is 1. The van der Waals surface area contributed by atoms with Crippen molar-refractivity contribution < 1.29 is 9.90 Å². The van der Waals surface area contributed by atoms with Crippen molar-refractivity contribution in [2.45, 2.75) is 46.1 Å². The highest BCUT2D eigenvalue weighted by molar-refractivity contribution is 5.90. The van der Waals surface area contributed by atoms with E-state index in [-0.39, 0.29) is 11.7 Å². The van der Waals surface area contributed by atoms with Crippen molar-refractivity contribution in [3.05, 3.63) is 18.1 Å². The summed E-state index contributed by atoms with van der Waals surface area (Å²) in [6.07, 6.45) is 5.99. The topological polar surface area (TPSA) is 66.3 Å². The second-order valence-corrected chi connectivity index (χ2v) is 4.34. The zero-order valence-corrected chi connectivity index (χ0v) is 11.3. The highest BCUT2D eigenvalue weighted by Crippen LogP contribution is 2.19. The number of aromatic carboxylic acids is 1. The molecule has 0 radical (unpaired) electrons. The molecule has 1 aromatic heterocycles. The van der Waals surface area contributed by atoms with Gasteiger partial charge in [0.2, 0.25) is 0 Å². The van der Waals surface area contributed by atoms with Crippen molar-refractivity contribution in [1.82, 2.24) is 9.97 Å². The van der Waals surface area contributed by atoms with E-state index in [4.69, 9.17) is 5.11 Å². The summed E-state index contributed by atoms with van der Waals surface area (Å²) < 4.78 is 0. The smallest absolute Gasteiger partial charge is 0.358 e. The Kier molecular flexibility index (Phi) is 5.55. The number of hydrogen-bond donors (Lipinski definition) is 1. The van der Waals surface area contributed by atoms with Crippen molar-refractivity contribution in [2.75, 3.05) is 11.4 Å². The van der Waals surface area contributed by atoms with Crippen molar-refractivity contribution in [1.29, 1.82) is 0 Å². The van der Waals surface area contributed by atoms with E-state index in [1.54, 1.807) is 6.20 Å². The van der Waals surface area contributed by atoms with E-state index < -0.39 is 5.97 Å². The summed E-state index contributed by atoms with van der Waals surface area (Å²) in [6, 6.07) is 0.256. The Morgan fingerprint density at radius 1 is 1.39 bits per heavy atom. The molecule has 5 nitrogen and oxygen atoms in total. The fourth-order valence-corrected chi connectivity index (χ4v) is 1.78. The van der Waals surface area contributed by atoms with Gasteiger partial charge in [0.25, 0.3) is 0 Å². The second kappa shape index (κ2) is 6.93. The van der Waals surface area contributed by atoms with Crippen molar-refractivity contribution >= 4 is 11.8 Å².